The van der Waals surface area contributed by atoms with Crippen LogP contribution >= 0.6 is 0 Å². The quantitative estimate of drug-likeness (QED) is 0.245. The Morgan fingerprint density at radius 1 is 1.12 bits per heavy atom. The van der Waals surface area contributed by atoms with Crippen LogP contribution in [-0.4, -0.2) is 19.6 Å². The van der Waals surface area contributed by atoms with E-state index in [1.807, 2.05) is 0 Å². The van der Waals surface area contributed by atoms with Gasteiger partial charge in [-0.3, -0.25) is 0 Å². The first kappa shape index (κ1) is 24.1. The van der Waals surface area contributed by atoms with Crippen molar-refractivity contribution in [3.05, 3.63) is 108 Å². The number of hydrogen-bond donors (Lipinski definition) is 2. The molecule has 0 heterocycles. The molecule has 1 unspecified atom stereocenters. The second kappa shape index (κ2) is 11.9. The van der Waals surface area contributed by atoms with Crippen molar-refractivity contribution in [3.8, 4) is 0 Å². The molecule has 4 nitrogen and oxygen atoms in total. The molecule has 3 rings (SSSR count). The van der Waals surface area contributed by atoms with Gasteiger partial charge in [0.15, 0.2) is 0 Å². The molecule has 0 radical (unpaired) electrons. The van der Waals surface area contributed by atoms with Crippen LogP contribution in [0.25, 0.3) is 10.8 Å². The van der Waals surface area contributed by atoms with Crippen LogP contribution in [0, 0.1) is 0 Å². The van der Waals surface area contributed by atoms with E-state index >= 15 is 0 Å². The lowest BCUT2D eigenvalue weighted by Crippen LogP contribution is -2.21. The normalized spacial score (nSPS) is 14.4. The molecule has 0 aliphatic heterocycles. The third-order valence-corrected chi connectivity index (χ3v) is 5.80. The zero-order chi connectivity index (χ0) is 23.6. The molecule has 1 aliphatic rings. The zero-order valence-corrected chi connectivity index (χ0v) is 19.7. The second-order valence-electron chi connectivity index (χ2n) is 8.26. The summed E-state index contributed by atoms with van der Waals surface area (Å²) in [5.74, 6) is -0.334. The molecule has 0 amide bonds. The highest BCUT2D eigenvalue weighted by Crippen LogP contribution is 2.30. The number of ether oxygens (including phenoxy) is 1. The number of benzene rings is 2. The van der Waals surface area contributed by atoms with E-state index in [4.69, 9.17) is 0 Å². The maximum Gasteiger partial charge on any atom is 0.330 e. The lowest BCUT2D eigenvalue weighted by molar-refractivity contribution is -0.134. The predicted molar refractivity (Wildman–Crippen MR) is 138 cm³/mol. The van der Waals surface area contributed by atoms with Gasteiger partial charge in [-0.05, 0) is 53.7 Å². The Hall–Kier alpha value is -3.53. The molecule has 33 heavy (non-hydrogen) atoms. The van der Waals surface area contributed by atoms with Crippen molar-refractivity contribution in [1.82, 2.24) is 10.6 Å². The molecular formula is C29H34N2O2. The summed E-state index contributed by atoms with van der Waals surface area (Å²) >= 11 is 0. The minimum atomic E-state index is -0.334. The molecule has 4 heteroatoms. The van der Waals surface area contributed by atoms with Crippen molar-refractivity contribution in [2.24, 2.45) is 0 Å². The van der Waals surface area contributed by atoms with E-state index in [0.29, 0.717) is 0 Å². The van der Waals surface area contributed by atoms with Gasteiger partial charge in [-0.25, -0.2) is 4.79 Å². The Kier molecular flexibility index (Phi) is 8.71. The molecule has 0 bridgehead atoms. The molecule has 1 aliphatic carbocycles. The number of carbonyl (C=O) groups is 1. The number of rotatable bonds is 11. The van der Waals surface area contributed by atoms with Crippen LogP contribution in [0.2, 0.25) is 0 Å². The Balaban J connectivity index is 1.58. The van der Waals surface area contributed by atoms with E-state index in [2.05, 4.69) is 90.1 Å². The van der Waals surface area contributed by atoms with Crippen molar-refractivity contribution in [2.75, 3.05) is 13.7 Å². The van der Waals surface area contributed by atoms with E-state index in [-0.39, 0.29) is 12.0 Å². The van der Waals surface area contributed by atoms with E-state index in [1.54, 1.807) is 6.08 Å². The minimum Gasteiger partial charge on any atom is -0.466 e. The highest BCUT2D eigenvalue weighted by atomic mass is 16.5. The van der Waals surface area contributed by atoms with Crippen LogP contribution < -0.4 is 10.6 Å². The number of carbonyl (C=O) groups excluding carboxylic acids is 1. The third-order valence-electron chi connectivity index (χ3n) is 5.80. The number of hydrogen-bond acceptors (Lipinski definition) is 4. The largest absolute Gasteiger partial charge is 0.466 e. The molecule has 0 saturated heterocycles. The summed E-state index contributed by atoms with van der Waals surface area (Å²) in [7, 11) is 1.38. The van der Waals surface area contributed by atoms with Crippen LogP contribution in [0.15, 0.2) is 102 Å². The van der Waals surface area contributed by atoms with Gasteiger partial charge >= 0.3 is 5.97 Å². The van der Waals surface area contributed by atoms with E-state index in [9.17, 15) is 4.79 Å². The predicted octanol–water partition coefficient (Wildman–Crippen LogP) is 6.26. The summed E-state index contributed by atoms with van der Waals surface area (Å²) < 4.78 is 4.60. The van der Waals surface area contributed by atoms with Gasteiger partial charge in [0.25, 0.3) is 0 Å². The van der Waals surface area contributed by atoms with Crippen molar-refractivity contribution < 1.29 is 9.53 Å². The molecular weight excluding hydrogens is 408 g/mol. The lowest BCUT2D eigenvalue weighted by Gasteiger charge is -2.24. The van der Waals surface area contributed by atoms with Crippen LogP contribution in [0.4, 0.5) is 0 Å². The molecule has 2 aromatic rings. The lowest BCUT2D eigenvalue weighted by atomic mass is 9.91. The summed E-state index contributed by atoms with van der Waals surface area (Å²) in [6.07, 6.45) is 11.3. The summed E-state index contributed by atoms with van der Waals surface area (Å²) in [5, 5.41) is 9.49. The second-order valence-corrected chi connectivity index (χ2v) is 8.26. The van der Waals surface area contributed by atoms with Crippen LogP contribution in [0.1, 0.15) is 44.2 Å². The molecule has 172 valence electrons. The molecule has 2 aromatic carbocycles. The van der Waals surface area contributed by atoms with Crippen LogP contribution in [-0.2, 0) is 9.53 Å². The third kappa shape index (κ3) is 6.72. The number of esters is 1. The van der Waals surface area contributed by atoms with E-state index in [1.165, 1.54) is 40.7 Å². The summed E-state index contributed by atoms with van der Waals surface area (Å²) in [6.45, 7) is 11.5. The molecule has 0 fully saturated rings. The highest BCUT2D eigenvalue weighted by molar-refractivity contribution is 5.86. The van der Waals surface area contributed by atoms with Crippen LogP contribution in [0.5, 0.6) is 0 Å². The maximum absolute atomic E-state index is 11.1. The molecule has 1 atom stereocenters. The van der Waals surface area contributed by atoms with Gasteiger partial charge in [0.2, 0.25) is 0 Å². The van der Waals surface area contributed by atoms with Gasteiger partial charge < -0.3 is 15.4 Å². The molecule has 0 spiro atoms. The van der Waals surface area contributed by atoms with Crippen molar-refractivity contribution in [2.45, 2.75) is 38.6 Å². The smallest absolute Gasteiger partial charge is 0.330 e. The monoisotopic (exact) mass is 442 g/mol. The van der Waals surface area contributed by atoms with Gasteiger partial charge in [0.05, 0.1) is 7.11 Å². The van der Waals surface area contributed by atoms with Crippen molar-refractivity contribution >= 4 is 16.7 Å². The van der Waals surface area contributed by atoms with Crippen molar-refractivity contribution in [3.63, 3.8) is 0 Å². The van der Waals surface area contributed by atoms with E-state index in [0.717, 1.165) is 43.6 Å². The first-order valence-electron chi connectivity index (χ1n) is 11.5. The van der Waals surface area contributed by atoms with Crippen molar-refractivity contribution in [1.29, 1.82) is 0 Å². The summed E-state index contributed by atoms with van der Waals surface area (Å²) in [4.78, 5) is 11.1. The van der Waals surface area contributed by atoms with Gasteiger partial charge in [-0.1, -0.05) is 73.9 Å². The van der Waals surface area contributed by atoms with Gasteiger partial charge in [0, 0.05) is 36.5 Å². The van der Waals surface area contributed by atoms with Gasteiger partial charge in [0.1, 0.15) is 0 Å². The van der Waals surface area contributed by atoms with Crippen LogP contribution in [0.3, 0.4) is 0 Å². The molecule has 0 saturated carbocycles. The number of methoxy groups -OCH3 is 1. The minimum absolute atomic E-state index is 0.135. The fourth-order valence-corrected chi connectivity index (χ4v) is 4.13. The Morgan fingerprint density at radius 2 is 1.88 bits per heavy atom. The summed E-state index contributed by atoms with van der Waals surface area (Å²) in [5.41, 5.74) is 5.57. The fraction of sp³-hybridized carbons (Fsp3) is 0.276. The number of nitrogens with one attached hydrogen (secondary N) is 2. The van der Waals surface area contributed by atoms with Gasteiger partial charge in [-0.2, -0.15) is 0 Å². The fourth-order valence-electron chi connectivity index (χ4n) is 4.13. The average molecular weight is 443 g/mol. The number of fused-ring (bicyclic) bond motifs is 1. The maximum atomic E-state index is 11.1. The first-order valence-corrected chi connectivity index (χ1v) is 11.5. The van der Waals surface area contributed by atoms with E-state index < -0.39 is 0 Å². The highest BCUT2D eigenvalue weighted by Gasteiger charge is 2.16. The zero-order valence-electron chi connectivity index (χ0n) is 19.7. The molecule has 0 aromatic heterocycles. The molecule has 2 N–H and O–H groups in total. The van der Waals surface area contributed by atoms with Gasteiger partial charge in [-0.15, -0.1) is 0 Å². The summed E-state index contributed by atoms with van der Waals surface area (Å²) in [6, 6.07) is 15.1. The average Bonchev–Trinajstić information content (AvgIpc) is 2.83. The Labute approximate surface area is 197 Å². The SMILES string of the molecule is C=C(CC1=CCCC=C1C(=C)NC(C)c1cccc2ccccc12)NCC/C=C/C(=O)OC. The standard InChI is InChI=1S/C29H34N2O2/c1-21(30-19-10-9-18-29(32)33-4)20-25-13-6-7-15-26(25)22(2)31-23(3)27-17-11-14-24-12-5-8-16-28(24)27/h5,8-9,11-18,23,30-31H,1-2,6-7,10,19-20H2,3-4H3/b18-9+. The Morgan fingerprint density at radius 3 is 2.70 bits per heavy atom. The Bertz CT molecular complexity index is 1100. The number of allylic oxidation sites excluding steroid dienone is 4. The topological polar surface area (TPSA) is 50.4 Å². The first-order chi connectivity index (χ1) is 16.0.